The van der Waals surface area contributed by atoms with E-state index in [1.54, 1.807) is 6.92 Å². The fraction of sp³-hybridized carbons (Fsp3) is 0.700. The molecule has 19 heavy (non-hydrogen) atoms. The number of aryl methyl sites for hydroxylation is 1. The molecule has 0 amide bonds. The lowest BCUT2D eigenvalue weighted by Gasteiger charge is -2.17. The number of hydrogen-bond donors (Lipinski definition) is 1. The van der Waals surface area contributed by atoms with Crippen LogP contribution in [0.4, 0.5) is 5.82 Å². The minimum Gasteiger partial charge on any atom is -0.358 e. The van der Waals surface area contributed by atoms with Crippen molar-refractivity contribution in [3.63, 3.8) is 0 Å². The molecule has 0 saturated carbocycles. The van der Waals surface area contributed by atoms with E-state index >= 15 is 0 Å². The van der Waals surface area contributed by atoms with Crippen LogP contribution in [0.15, 0.2) is 6.20 Å². The van der Waals surface area contributed by atoms with Gasteiger partial charge in [0.05, 0.1) is 12.7 Å². The first-order valence-corrected chi connectivity index (χ1v) is 7.61. The highest BCUT2D eigenvalue weighted by atomic mass is 31.2. The van der Waals surface area contributed by atoms with Crippen LogP contribution in [0.3, 0.4) is 0 Å². The van der Waals surface area contributed by atoms with Gasteiger partial charge in [0.15, 0.2) is 5.82 Å². The quantitative estimate of drug-likeness (QED) is 0.467. The molecule has 0 aliphatic rings. The highest BCUT2D eigenvalue weighted by Gasteiger charge is 2.27. The Bertz CT molecular complexity index is 501. The summed E-state index contributed by atoms with van der Waals surface area (Å²) in [6.07, 6.45) is 1.77. The molecule has 1 aromatic heterocycles. The molecule has 1 aromatic rings. The number of rotatable bonds is 7. The van der Waals surface area contributed by atoms with E-state index in [9.17, 15) is 19.6 Å². The molecule has 9 heteroatoms. The van der Waals surface area contributed by atoms with Gasteiger partial charge in [-0.15, -0.1) is 0 Å². The summed E-state index contributed by atoms with van der Waals surface area (Å²) in [5, 5.41) is 10.9. The molecule has 0 fully saturated rings. The first-order valence-electron chi connectivity index (χ1n) is 5.84. The topological polar surface area (TPSA) is 107 Å². The van der Waals surface area contributed by atoms with Gasteiger partial charge in [0.25, 0.3) is 0 Å². The van der Waals surface area contributed by atoms with Gasteiger partial charge in [0.2, 0.25) is 0 Å². The summed E-state index contributed by atoms with van der Waals surface area (Å²) in [4.78, 5) is 23.7. The molecule has 0 aliphatic heterocycles. The Morgan fingerprint density at radius 3 is 2.79 bits per heavy atom. The maximum Gasteiger partial charge on any atom is 0.342 e. The van der Waals surface area contributed by atoms with Gasteiger partial charge >= 0.3 is 13.4 Å². The predicted octanol–water partition coefficient (Wildman–Crippen LogP) is 1.96. The summed E-state index contributed by atoms with van der Waals surface area (Å²) < 4.78 is 17.6. The van der Waals surface area contributed by atoms with E-state index < -0.39 is 12.5 Å². The third kappa shape index (κ3) is 4.12. The number of hydrogen-bond acceptors (Lipinski definition) is 5. The fourth-order valence-electron chi connectivity index (χ4n) is 1.80. The van der Waals surface area contributed by atoms with Crippen molar-refractivity contribution in [2.45, 2.75) is 26.8 Å². The SMILES string of the molecule is CC[C@@H](Cn1c([N+](=O)[O-])cnc1C)CP(=O)(O)OC. The molecule has 2 atom stereocenters. The maximum atomic E-state index is 11.6. The van der Waals surface area contributed by atoms with Gasteiger partial charge in [-0.1, -0.05) is 6.92 Å². The van der Waals surface area contributed by atoms with Crippen LogP contribution in [0.25, 0.3) is 0 Å². The Morgan fingerprint density at radius 1 is 1.68 bits per heavy atom. The van der Waals surface area contributed by atoms with Crippen molar-refractivity contribution >= 4 is 13.4 Å². The lowest BCUT2D eigenvalue weighted by molar-refractivity contribution is -0.392. The van der Waals surface area contributed by atoms with Crippen LogP contribution in [-0.2, 0) is 15.6 Å². The van der Waals surface area contributed by atoms with Gasteiger partial charge in [0.1, 0.15) is 6.20 Å². The Kier molecular flexibility index (Phi) is 5.22. The van der Waals surface area contributed by atoms with Gasteiger partial charge in [-0.25, -0.2) is 9.55 Å². The Balaban J connectivity index is 2.90. The van der Waals surface area contributed by atoms with Crippen molar-refractivity contribution in [3.8, 4) is 0 Å². The molecule has 0 aliphatic carbocycles. The molecule has 0 aromatic carbocycles. The summed E-state index contributed by atoms with van der Waals surface area (Å²) in [5.41, 5.74) is 0. The Labute approximate surface area is 111 Å². The van der Waals surface area contributed by atoms with Crippen molar-refractivity contribution in [3.05, 3.63) is 22.1 Å². The highest BCUT2D eigenvalue weighted by molar-refractivity contribution is 7.52. The van der Waals surface area contributed by atoms with Gasteiger partial charge in [-0.05, 0) is 11.3 Å². The molecule has 0 spiro atoms. The van der Waals surface area contributed by atoms with Gasteiger partial charge in [-0.3, -0.25) is 4.57 Å². The summed E-state index contributed by atoms with van der Waals surface area (Å²) in [7, 11) is -2.44. The van der Waals surface area contributed by atoms with Crippen LogP contribution >= 0.6 is 7.60 Å². The third-order valence-corrected chi connectivity index (χ3v) is 4.56. The predicted molar refractivity (Wildman–Crippen MR) is 69.1 cm³/mol. The van der Waals surface area contributed by atoms with Gasteiger partial charge in [0, 0.05) is 20.0 Å². The van der Waals surface area contributed by atoms with E-state index in [1.165, 1.54) is 17.9 Å². The average Bonchev–Trinajstić information content (AvgIpc) is 2.70. The van der Waals surface area contributed by atoms with Crippen molar-refractivity contribution in [2.24, 2.45) is 5.92 Å². The first kappa shape index (κ1) is 15.8. The first-order chi connectivity index (χ1) is 8.80. The molecule has 0 saturated heterocycles. The smallest absolute Gasteiger partial charge is 0.342 e. The van der Waals surface area contributed by atoms with Crippen LogP contribution in [-0.4, -0.2) is 32.6 Å². The molecule has 0 radical (unpaired) electrons. The third-order valence-electron chi connectivity index (χ3n) is 3.01. The van der Waals surface area contributed by atoms with E-state index in [0.717, 1.165) is 0 Å². The minimum absolute atomic E-state index is 0.0330. The molecular weight excluding hydrogens is 273 g/mol. The number of nitrogens with zero attached hydrogens (tertiary/aromatic N) is 3. The summed E-state index contributed by atoms with van der Waals surface area (Å²) >= 11 is 0. The van der Waals surface area contributed by atoms with Crippen molar-refractivity contribution in [1.29, 1.82) is 0 Å². The Morgan fingerprint density at radius 2 is 2.32 bits per heavy atom. The molecule has 8 nitrogen and oxygen atoms in total. The number of imidazole rings is 1. The number of aromatic nitrogens is 2. The molecule has 0 bridgehead atoms. The normalized spacial score (nSPS) is 16.0. The fourth-order valence-corrected chi connectivity index (χ4v) is 2.98. The second-order valence-corrected chi connectivity index (χ2v) is 6.31. The van der Waals surface area contributed by atoms with Crippen LogP contribution in [0.2, 0.25) is 0 Å². The monoisotopic (exact) mass is 291 g/mol. The van der Waals surface area contributed by atoms with E-state index in [-0.39, 0.29) is 24.4 Å². The molecule has 108 valence electrons. The summed E-state index contributed by atoms with van der Waals surface area (Å²) in [5.74, 6) is 0.207. The highest BCUT2D eigenvalue weighted by Crippen LogP contribution is 2.43. The lowest BCUT2D eigenvalue weighted by Crippen LogP contribution is -2.17. The molecular formula is C10H18N3O5P. The zero-order valence-electron chi connectivity index (χ0n) is 11.1. The van der Waals surface area contributed by atoms with E-state index in [1.807, 2.05) is 6.92 Å². The zero-order chi connectivity index (χ0) is 14.6. The van der Waals surface area contributed by atoms with E-state index in [0.29, 0.717) is 12.2 Å². The van der Waals surface area contributed by atoms with Crippen LogP contribution in [0, 0.1) is 23.0 Å². The zero-order valence-corrected chi connectivity index (χ0v) is 12.0. The Hall–Kier alpha value is -1.24. The summed E-state index contributed by atoms with van der Waals surface area (Å²) in [6, 6.07) is 0. The van der Waals surface area contributed by atoms with Crippen molar-refractivity contribution in [2.75, 3.05) is 13.3 Å². The maximum absolute atomic E-state index is 11.6. The second kappa shape index (κ2) is 6.27. The van der Waals surface area contributed by atoms with Crippen LogP contribution in [0.5, 0.6) is 0 Å². The largest absolute Gasteiger partial charge is 0.358 e. The van der Waals surface area contributed by atoms with Crippen molar-refractivity contribution in [1.82, 2.24) is 9.55 Å². The van der Waals surface area contributed by atoms with Gasteiger partial charge < -0.3 is 19.5 Å². The molecule has 1 unspecified atom stereocenters. The number of nitro groups is 1. The van der Waals surface area contributed by atoms with Gasteiger partial charge in [-0.2, -0.15) is 0 Å². The van der Waals surface area contributed by atoms with Crippen LogP contribution < -0.4 is 0 Å². The summed E-state index contributed by atoms with van der Waals surface area (Å²) in [6.45, 7) is 3.79. The second-order valence-electron chi connectivity index (χ2n) is 4.31. The minimum atomic E-state index is -3.62. The van der Waals surface area contributed by atoms with Crippen molar-refractivity contribution < 1.29 is 18.9 Å². The van der Waals surface area contributed by atoms with Crippen LogP contribution in [0.1, 0.15) is 19.2 Å². The average molecular weight is 291 g/mol. The lowest BCUT2D eigenvalue weighted by atomic mass is 10.1. The van der Waals surface area contributed by atoms with E-state index in [4.69, 9.17) is 0 Å². The standard InChI is InChI=1S/C10H18N3O5P/c1-4-9(7-19(16,17)18-3)6-12-8(2)11-5-10(12)13(14)15/h5,9H,4,6-7H2,1-3H3,(H,16,17)/t9-/m0/s1. The molecule has 1 N–H and O–H groups in total. The van der Waals surface area contributed by atoms with E-state index in [2.05, 4.69) is 9.51 Å². The molecule has 1 rings (SSSR count). The molecule has 1 heterocycles.